The lowest BCUT2D eigenvalue weighted by Gasteiger charge is -2.18. The Balaban J connectivity index is 2.26. The Bertz CT molecular complexity index is 264. The normalized spacial score (nSPS) is 12.4. The summed E-state index contributed by atoms with van der Waals surface area (Å²) >= 11 is 0. The van der Waals surface area contributed by atoms with Crippen molar-refractivity contribution >= 4 is 5.69 Å². The Hall–Kier alpha value is -1.06. The molecule has 0 aliphatic heterocycles. The van der Waals surface area contributed by atoms with E-state index in [9.17, 15) is 5.11 Å². The Morgan fingerprint density at radius 2 is 2.00 bits per heavy atom. The van der Waals surface area contributed by atoms with Gasteiger partial charge in [-0.25, -0.2) is 0 Å². The third-order valence-electron chi connectivity index (χ3n) is 2.46. The van der Waals surface area contributed by atoms with Gasteiger partial charge in [0.25, 0.3) is 0 Å². The van der Waals surface area contributed by atoms with Crippen molar-refractivity contribution in [3.05, 3.63) is 30.3 Å². The van der Waals surface area contributed by atoms with E-state index in [2.05, 4.69) is 17.6 Å². The maximum absolute atomic E-state index is 9.24. The molecule has 0 fully saturated rings. The summed E-state index contributed by atoms with van der Waals surface area (Å²) in [5, 5.41) is 15.9. The summed E-state index contributed by atoms with van der Waals surface area (Å²) < 4.78 is 0. The lowest BCUT2D eigenvalue weighted by molar-refractivity contribution is 0.271. The predicted octanol–water partition coefficient (Wildman–Crippen LogP) is 1.85. The molecule has 3 nitrogen and oxygen atoms in total. The molecule has 0 saturated heterocycles. The number of benzene rings is 1. The Morgan fingerprint density at radius 3 is 2.62 bits per heavy atom. The molecule has 0 aromatic heterocycles. The van der Waals surface area contributed by atoms with Crippen LogP contribution in [0.25, 0.3) is 0 Å². The topological polar surface area (TPSA) is 44.3 Å². The van der Waals surface area contributed by atoms with Crippen molar-refractivity contribution in [3.8, 4) is 0 Å². The van der Waals surface area contributed by atoms with Crippen LogP contribution in [0.3, 0.4) is 0 Å². The van der Waals surface area contributed by atoms with Gasteiger partial charge in [-0.3, -0.25) is 0 Å². The molecule has 1 aromatic rings. The molecule has 0 spiro atoms. The van der Waals surface area contributed by atoms with Crippen molar-refractivity contribution in [2.75, 3.05) is 25.0 Å². The van der Waals surface area contributed by atoms with E-state index in [4.69, 9.17) is 0 Å². The monoisotopic (exact) mass is 222 g/mol. The first-order chi connectivity index (χ1) is 7.86. The van der Waals surface area contributed by atoms with Crippen molar-refractivity contribution < 1.29 is 5.11 Å². The molecule has 0 amide bonds. The van der Waals surface area contributed by atoms with Crippen LogP contribution in [-0.4, -0.2) is 30.8 Å². The van der Waals surface area contributed by atoms with Gasteiger partial charge in [-0.1, -0.05) is 31.5 Å². The number of anilines is 1. The van der Waals surface area contributed by atoms with Crippen molar-refractivity contribution in [2.24, 2.45) is 0 Å². The van der Waals surface area contributed by atoms with E-state index in [-0.39, 0.29) is 12.6 Å². The summed E-state index contributed by atoms with van der Waals surface area (Å²) in [6.45, 7) is 4.14. The van der Waals surface area contributed by atoms with Gasteiger partial charge in [0, 0.05) is 12.2 Å². The van der Waals surface area contributed by atoms with E-state index < -0.39 is 0 Å². The van der Waals surface area contributed by atoms with Gasteiger partial charge >= 0.3 is 0 Å². The Kier molecular flexibility index (Phi) is 6.61. The second kappa shape index (κ2) is 8.13. The van der Waals surface area contributed by atoms with Crippen LogP contribution in [0.2, 0.25) is 0 Å². The van der Waals surface area contributed by atoms with E-state index in [1.165, 1.54) is 12.8 Å². The molecular formula is C13H22N2O. The molecule has 0 aliphatic rings. The SMILES string of the molecule is CCCCNCC(CO)Nc1ccccc1. The van der Waals surface area contributed by atoms with Crippen LogP contribution < -0.4 is 10.6 Å². The molecule has 3 N–H and O–H groups in total. The molecule has 1 unspecified atom stereocenters. The standard InChI is InChI=1S/C13H22N2O/c1-2-3-9-14-10-13(11-16)15-12-7-5-4-6-8-12/h4-8,13-16H,2-3,9-11H2,1H3. The Morgan fingerprint density at radius 1 is 1.25 bits per heavy atom. The van der Waals surface area contributed by atoms with Crippen LogP contribution in [0, 0.1) is 0 Å². The summed E-state index contributed by atoms with van der Waals surface area (Å²) in [5.74, 6) is 0. The highest BCUT2D eigenvalue weighted by Gasteiger charge is 2.05. The lowest BCUT2D eigenvalue weighted by Crippen LogP contribution is -2.36. The number of para-hydroxylation sites is 1. The minimum absolute atomic E-state index is 0.0826. The van der Waals surface area contributed by atoms with Crippen molar-refractivity contribution in [1.82, 2.24) is 5.32 Å². The zero-order chi connectivity index (χ0) is 11.6. The Labute approximate surface area is 97.9 Å². The van der Waals surface area contributed by atoms with E-state index in [1.54, 1.807) is 0 Å². The molecule has 16 heavy (non-hydrogen) atoms. The van der Waals surface area contributed by atoms with Gasteiger partial charge in [0.2, 0.25) is 0 Å². The zero-order valence-corrected chi connectivity index (χ0v) is 9.95. The van der Waals surface area contributed by atoms with Gasteiger partial charge in [0.05, 0.1) is 12.6 Å². The van der Waals surface area contributed by atoms with Crippen molar-refractivity contribution in [3.63, 3.8) is 0 Å². The number of rotatable bonds is 8. The highest BCUT2D eigenvalue weighted by atomic mass is 16.3. The molecule has 90 valence electrons. The first kappa shape index (κ1) is 13.0. The third-order valence-corrected chi connectivity index (χ3v) is 2.46. The molecule has 1 atom stereocenters. The summed E-state index contributed by atoms with van der Waals surface area (Å²) in [5.41, 5.74) is 1.05. The molecular weight excluding hydrogens is 200 g/mol. The average Bonchev–Trinajstić information content (AvgIpc) is 2.34. The van der Waals surface area contributed by atoms with Gasteiger partial charge in [-0.15, -0.1) is 0 Å². The molecule has 0 radical (unpaired) electrons. The highest BCUT2D eigenvalue weighted by Crippen LogP contribution is 2.06. The maximum Gasteiger partial charge on any atom is 0.0645 e. The molecule has 0 heterocycles. The summed E-state index contributed by atoms with van der Waals surface area (Å²) in [6, 6.07) is 10.1. The fourth-order valence-electron chi connectivity index (χ4n) is 1.51. The largest absolute Gasteiger partial charge is 0.394 e. The van der Waals surface area contributed by atoms with Gasteiger partial charge in [0.15, 0.2) is 0 Å². The summed E-state index contributed by atoms with van der Waals surface area (Å²) in [4.78, 5) is 0. The molecule has 1 aromatic carbocycles. The van der Waals surface area contributed by atoms with E-state index >= 15 is 0 Å². The van der Waals surface area contributed by atoms with Crippen LogP contribution in [0.1, 0.15) is 19.8 Å². The van der Waals surface area contributed by atoms with Gasteiger partial charge in [0.1, 0.15) is 0 Å². The van der Waals surface area contributed by atoms with E-state index in [0.717, 1.165) is 18.8 Å². The van der Waals surface area contributed by atoms with Crippen molar-refractivity contribution in [2.45, 2.75) is 25.8 Å². The second-order valence-corrected chi connectivity index (χ2v) is 3.95. The fourth-order valence-corrected chi connectivity index (χ4v) is 1.51. The first-order valence-electron chi connectivity index (χ1n) is 6.00. The maximum atomic E-state index is 9.24. The first-order valence-corrected chi connectivity index (χ1v) is 6.00. The van der Waals surface area contributed by atoms with Crippen LogP contribution >= 0.6 is 0 Å². The number of aliphatic hydroxyl groups is 1. The third kappa shape index (κ3) is 5.14. The van der Waals surface area contributed by atoms with Crippen LogP contribution in [0.4, 0.5) is 5.69 Å². The fraction of sp³-hybridized carbons (Fsp3) is 0.538. The van der Waals surface area contributed by atoms with Crippen molar-refractivity contribution in [1.29, 1.82) is 0 Å². The second-order valence-electron chi connectivity index (χ2n) is 3.95. The minimum Gasteiger partial charge on any atom is -0.394 e. The number of aliphatic hydroxyl groups excluding tert-OH is 1. The quantitative estimate of drug-likeness (QED) is 0.588. The summed E-state index contributed by atoms with van der Waals surface area (Å²) in [7, 11) is 0. The average molecular weight is 222 g/mol. The minimum atomic E-state index is 0.0826. The van der Waals surface area contributed by atoms with Gasteiger partial charge in [-0.05, 0) is 25.1 Å². The zero-order valence-electron chi connectivity index (χ0n) is 9.95. The summed E-state index contributed by atoms with van der Waals surface area (Å²) in [6.07, 6.45) is 2.38. The molecule has 1 rings (SSSR count). The molecule has 3 heteroatoms. The van der Waals surface area contributed by atoms with Gasteiger partial charge < -0.3 is 15.7 Å². The highest BCUT2D eigenvalue weighted by molar-refractivity contribution is 5.43. The lowest BCUT2D eigenvalue weighted by atomic mass is 10.2. The van der Waals surface area contributed by atoms with Crippen LogP contribution in [-0.2, 0) is 0 Å². The molecule has 0 bridgehead atoms. The molecule has 0 aliphatic carbocycles. The number of hydrogen-bond acceptors (Lipinski definition) is 3. The number of nitrogens with one attached hydrogen (secondary N) is 2. The predicted molar refractivity (Wildman–Crippen MR) is 68.7 cm³/mol. The number of hydrogen-bond donors (Lipinski definition) is 3. The van der Waals surface area contributed by atoms with E-state index in [1.807, 2.05) is 30.3 Å². The van der Waals surface area contributed by atoms with Gasteiger partial charge in [-0.2, -0.15) is 0 Å². The van der Waals surface area contributed by atoms with Crippen LogP contribution in [0.15, 0.2) is 30.3 Å². The molecule has 0 saturated carbocycles. The van der Waals surface area contributed by atoms with Crippen LogP contribution in [0.5, 0.6) is 0 Å². The number of unbranched alkanes of at least 4 members (excludes halogenated alkanes) is 1. The van der Waals surface area contributed by atoms with E-state index in [0.29, 0.717) is 0 Å². The smallest absolute Gasteiger partial charge is 0.0645 e.